The fraction of sp³-hybridized carbons (Fsp3) is 0.611. The maximum Gasteiger partial charge on any atom is 0.243 e. The van der Waals surface area contributed by atoms with Gasteiger partial charge in [0.05, 0.1) is 4.90 Å². The van der Waals surface area contributed by atoms with Crippen LogP contribution in [0, 0.1) is 5.92 Å². The van der Waals surface area contributed by atoms with E-state index in [4.69, 9.17) is 0 Å². The van der Waals surface area contributed by atoms with Crippen LogP contribution in [0.15, 0.2) is 35.2 Å². The zero-order valence-corrected chi connectivity index (χ0v) is 15.2. The van der Waals surface area contributed by atoms with E-state index >= 15 is 0 Å². The highest BCUT2D eigenvalue weighted by Crippen LogP contribution is 2.25. The normalized spacial score (nSPS) is 16.9. The van der Waals surface area contributed by atoms with Crippen LogP contribution >= 0.6 is 0 Å². The van der Waals surface area contributed by atoms with Crippen LogP contribution < -0.4 is 5.32 Å². The summed E-state index contributed by atoms with van der Waals surface area (Å²) in [6, 6.07) is 8.55. The van der Waals surface area contributed by atoms with E-state index in [0.29, 0.717) is 24.4 Å². The molecule has 1 heterocycles. The number of sulfonamides is 1. The van der Waals surface area contributed by atoms with Gasteiger partial charge in [0, 0.05) is 26.1 Å². The Balaban J connectivity index is 1.78. The summed E-state index contributed by atoms with van der Waals surface area (Å²) in [5, 5.41) is 2.96. The summed E-state index contributed by atoms with van der Waals surface area (Å²) in [7, 11) is -3.40. The Morgan fingerprint density at radius 3 is 2.46 bits per heavy atom. The molecule has 0 aliphatic carbocycles. The van der Waals surface area contributed by atoms with Gasteiger partial charge in [0.2, 0.25) is 15.9 Å². The molecule has 1 aromatic carbocycles. The van der Waals surface area contributed by atoms with Crippen molar-refractivity contribution in [3.63, 3.8) is 0 Å². The van der Waals surface area contributed by atoms with Gasteiger partial charge >= 0.3 is 0 Å². The van der Waals surface area contributed by atoms with Crippen LogP contribution in [0.25, 0.3) is 0 Å². The summed E-state index contributed by atoms with van der Waals surface area (Å²) in [4.78, 5) is 12.3. The summed E-state index contributed by atoms with van der Waals surface area (Å²) in [6.45, 7) is 3.86. The number of nitrogens with one attached hydrogen (secondary N) is 1. The Bertz CT molecular complexity index is 608. The van der Waals surface area contributed by atoms with Crippen molar-refractivity contribution < 1.29 is 13.2 Å². The van der Waals surface area contributed by atoms with Crippen molar-refractivity contribution in [2.75, 3.05) is 19.6 Å². The third-order valence-corrected chi connectivity index (χ3v) is 6.44. The number of carbonyl (C=O) groups is 1. The highest BCUT2D eigenvalue weighted by molar-refractivity contribution is 7.89. The molecule has 6 heteroatoms. The fourth-order valence-corrected chi connectivity index (χ4v) is 4.52. The molecule has 134 valence electrons. The second kappa shape index (κ2) is 9.18. The third-order valence-electron chi connectivity index (χ3n) is 4.53. The summed E-state index contributed by atoms with van der Waals surface area (Å²) in [5.74, 6) is 0.369. The molecule has 1 amide bonds. The maximum atomic E-state index is 12.6. The van der Waals surface area contributed by atoms with E-state index < -0.39 is 10.0 Å². The number of rotatable bonds is 8. The number of hydrogen-bond acceptors (Lipinski definition) is 3. The molecule has 0 radical (unpaired) electrons. The highest BCUT2D eigenvalue weighted by atomic mass is 32.2. The molecule has 2 rings (SSSR count). The van der Waals surface area contributed by atoms with E-state index in [1.165, 1.54) is 4.31 Å². The van der Waals surface area contributed by atoms with Crippen molar-refractivity contribution >= 4 is 15.9 Å². The van der Waals surface area contributed by atoms with Gasteiger partial charge in [-0.2, -0.15) is 4.31 Å². The van der Waals surface area contributed by atoms with Crippen LogP contribution in [0.1, 0.15) is 45.4 Å². The predicted octanol–water partition coefficient (Wildman–Crippen LogP) is 2.78. The van der Waals surface area contributed by atoms with E-state index in [9.17, 15) is 13.2 Å². The molecule has 1 aromatic rings. The van der Waals surface area contributed by atoms with Gasteiger partial charge < -0.3 is 5.32 Å². The van der Waals surface area contributed by atoms with Crippen LogP contribution in [0.4, 0.5) is 0 Å². The number of piperidine rings is 1. The molecule has 5 nitrogen and oxygen atoms in total. The molecule has 1 N–H and O–H groups in total. The minimum absolute atomic E-state index is 0.0930. The summed E-state index contributed by atoms with van der Waals surface area (Å²) < 4.78 is 26.7. The number of nitrogens with zero attached hydrogens (tertiary/aromatic N) is 1. The van der Waals surface area contributed by atoms with Gasteiger partial charge in [-0.15, -0.1) is 0 Å². The van der Waals surface area contributed by atoms with Crippen molar-refractivity contribution in [3.8, 4) is 0 Å². The average molecular weight is 353 g/mol. The van der Waals surface area contributed by atoms with Gasteiger partial charge in [-0.1, -0.05) is 38.0 Å². The van der Waals surface area contributed by atoms with Gasteiger partial charge in [-0.05, 0) is 37.3 Å². The Kier molecular flexibility index (Phi) is 7.24. The molecule has 1 saturated heterocycles. The summed E-state index contributed by atoms with van der Waals surface area (Å²) in [6.07, 6.45) is 5.30. The summed E-state index contributed by atoms with van der Waals surface area (Å²) >= 11 is 0. The minimum atomic E-state index is -3.40. The quantitative estimate of drug-likeness (QED) is 0.732. The number of benzene rings is 1. The van der Waals surface area contributed by atoms with Gasteiger partial charge in [-0.25, -0.2) is 8.42 Å². The molecule has 0 bridgehead atoms. The van der Waals surface area contributed by atoms with E-state index in [2.05, 4.69) is 12.2 Å². The molecule has 1 aliphatic heterocycles. The third kappa shape index (κ3) is 5.31. The lowest BCUT2D eigenvalue weighted by atomic mass is 9.94. The average Bonchev–Trinajstić information content (AvgIpc) is 2.60. The van der Waals surface area contributed by atoms with Crippen LogP contribution in [0.3, 0.4) is 0 Å². The predicted molar refractivity (Wildman–Crippen MR) is 95.1 cm³/mol. The Morgan fingerprint density at radius 2 is 1.83 bits per heavy atom. The standard InChI is InChI=1S/C18H28N2O3S/c1-2-3-7-12-19-18(21)15-16-10-13-20(14-11-16)24(22,23)17-8-5-4-6-9-17/h4-6,8-9,16H,2-3,7,10-15H2,1H3,(H,19,21). The van der Waals surface area contributed by atoms with Crippen LogP contribution in [0.2, 0.25) is 0 Å². The molecule has 1 fully saturated rings. The molecular formula is C18H28N2O3S. The molecule has 0 saturated carbocycles. The second-order valence-corrected chi connectivity index (χ2v) is 8.36. The molecule has 0 spiro atoms. The summed E-state index contributed by atoms with van der Waals surface area (Å²) in [5.41, 5.74) is 0. The topological polar surface area (TPSA) is 66.5 Å². The molecule has 0 aromatic heterocycles. The first-order valence-electron chi connectivity index (χ1n) is 8.86. The van der Waals surface area contributed by atoms with E-state index in [-0.39, 0.29) is 11.8 Å². The number of carbonyl (C=O) groups excluding carboxylic acids is 1. The first-order valence-corrected chi connectivity index (χ1v) is 10.3. The Morgan fingerprint density at radius 1 is 1.17 bits per heavy atom. The Hall–Kier alpha value is -1.40. The SMILES string of the molecule is CCCCCNC(=O)CC1CCN(S(=O)(=O)c2ccccc2)CC1. The maximum absolute atomic E-state index is 12.6. The number of hydrogen-bond donors (Lipinski definition) is 1. The van der Waals surface area contributed by atoms with Crippen molar-refractivity contribution in [1.29, 1.82) is 0 Å². The minimum Gasteiger partial charge on any atom is -0.356 e. The molecular weight excluding hydrogens is 324 g/mol. The highest BCUT2D eigenvalue weighted by Gasteiger charge is 2.29. The number of unbranched alkanes of at least 4 members (excludes halogenated alkanes) is 2. The van der Waals surface area contributed by atoms with E-state index in [1.807, 2.05) is 6.07 Å². The number of amides is 1. The van der Waals surface area contributed by atoms with Crippen molar-refractivity contribution in [3.05, 3.63) is 30.3 Å². The molecule has 1 aliphatic rings. The van der Waals surface area contributed by atoms with Crippen LogP contribution in [-0.4, -0.2) is 38.3 Å². The zero-order valence-electron chi connectivity index (χ0n) is 14.4. The fourth-order valence-electron chi connectivity index (χ4n) is 3.03. The molecule has 0 unspecified atom stereocenters. The smallest absolute Gasteiger partial charge is 0.243 e. The Labute approximate surface area is 145 Å². The largest absolute Gasteiger partial charge is 0.356 e. The van der Waals surface area contributed by atoms with Gasteiger partial charge in [0.15, 0.2) is 0 Å². The monoisotopic (exact) mass is 352 g/mol. The van der Waals surface area contributed by atoms with Crippen molar-refractivity contribution in [2.45, 2.75) is 50.3 Å². The zero-order chi connectivity index (χ0) is 17.4. The molecule has 24 heavy (non-hydrogen) atoms. The van der Waals surface area contributed by atoms with Crippen molar-refractivity contribution in [1.82, 2.24) is 9.62 Å². The van der Waals surface area contributed by atoms with Crippen LogP contribution in [0.5, 0.6) is 0 Å². The first kappa shape index (κ1) is 18.9. The van der Waals surface area contributed by atoms with Gasteiger partial charge in [0.25, 0.3) is 0 Å². The lowest BCUT2D eigenvalue weighted by molar-refractivity contribution is -0.122. The van der Waals surface area contributed by atoms with Gasteiger partial charge in [-0.3, -0.25) is 4.79 Å². The lowest BCUT2D eigenvalue weighted by Gasteiger charge is -2.31. The van der Waals surface area contributed by atoms with Crippen molar-refractivity contribution in [2.24, 2.45) is 5.92 Å². The molecule has 0 atom stereocenters. The van der Waals surface area contributed by atoms with E-state index in [1.54, 1.807) is 24.3 Å². The lowest BCUT2D eigenvalue weighted by Crippen LogP contribution is -2.39. The van der Waals surface area contributed by atoms with Gasteiger partial charge in [0.1, 0.15) is 0 Å². The van der Waals surface area contributed by atoms with Crippen LogP contribution in [-0.2, 0) is 14.8 Å². The first-order chi connectivity index (χ1) is 11.5. The van der Waals surface area contributed by atoms with E-state index in [0.717, 1.165) is 38.6 Å². The second-order valence-electron chi connectivity index (χ2n) is 6.42.